The number of fused-ring (bicyclic) bond motifs is 1. The van der Waals surface area contributed by atoms with E-state index in [2.05, 4.69) is 25.2 Å². The summed E-state index contributed by atoms with van der Waals surface area (Å²) in [7, 11) is 0. The maximum Gasteiger partial charge on any atom is 0.407 e. The van der Waals surface area contributed by atoms with Gasteiger partial charge in [0.15, 0.2) is 0 Å². The molecule has 1 aromatic carbocycles. The fourth-order valence-electron chi connectivity index (χ4n) is 2.66. The zero-order valence-electron chi connectivity index (χ0n) is 13.5. The SMILES string of the molecule is CC(C)(C)OC(=O)NC[C@H]1CC(C)(C)Oc2ccccc21. The summed E-state index contributed by atoms with van der Waals surface area (Å²) in [5.41, 5.74) is 0.443. The average Bonchev–Trinajstić information content (AvgIpc) is 2.32. The third-order valence-electron chi connectivity index (χ3n) is 3.37. The number of ether oxygens (including phenoxy) is 2. The van der Waals surface area contributed by atoms with Gasteiger partial charge < -0.3 is 14.8 Å². The van der Waals surface area contributed by atoms with E-state index in [1.54, 1.807) is 0 Å². The highest BCUT2D eigenvalue weighted by atomic mass is 16.6. The van der Waals surface area contributed by atoms with E-state index in [1.807, 2.05) is 39.0 Å². The van der Waals surface area contributed by atoms with Crippen LogP contribution in [0.25, 0.3) is 0 Å². The minimum atomic E-state index is -0.475. The van der Waals surface area contributed by atoms with Crippen LogP contribution in [0.2, 0.25) is 0 Å². The Bertz CT molecular complexity index is 517. The van der Waals surface area contributed by atoms with Crippen LogP contribution in [0.3, 0.4) is 0 Å². The first-order valence-electron chi connectivity index (χ1n) is 7.41. The Hall–Kier alpha value is -1.71. The molecule has 0 aromatic heterocycles. The minimum absolute atomic E-state index is 0.228. The molecule has 1 atom stereocenters. The number of nitrogens with one attached hydrogen (secondary N) is 1. The molecule has 21 heavy (non-hydrogen) atoms. The van der Waals surface area contributed by atoms with Gasteiger partial charge in [-0.25, -0.2) is 4.79 Å². The van der Waals surface area contributed by atoms with Crippen molar-refractivity contribution in [2.75, 3.05) is 6.54 Å². The average molecular weight is 291 g/mol. The van der Waals surface area contributed by atoms with Crippen LogP contribution in [-0.4, -0.2) is 23.8 Å². The molecule has 1 heterocycles. The molecule has 2 rings (SSSR count). The quantitative estimate of drug-likeness (QED) is 0.900. The van der Waals surface area contributed by atoms with Gasteiger partial charge in [0.2, 0.25) is 0 Å². The molecule has 0 unspecified atom stereocenters. The van der Waals surface area contributed by atoms with E-state index in [0.29, 0.717) is 6.54 Å². The topological polar surface area (TPSA) is 47.6 Å². The molecule has 1 aliphatic rings. The van der Waals surface area contributed by atoms with E-state index in [0.717, 1.165) is 17.7 Å². The summed E-state index contributed by atoms with van der Waals surface area (Å²) >= 11 is 0. The second-order valence-corrected chi connectivity index (χ2v) is 7.18. The van der Waals surface area contributed by atoms with Gasteiger partial charge in [0.25, 0.3) is 0 Å². The van der Waals surface area contributed by atoms with Gasteiger partial charge in [0.1, 0.15) is 17.0 Å². The minimum Gasteiger partial charge on any atom is -0.488 e. The van der Waals surface area contributed by atoms with E-state index < -0.39 is 5.60 Å². The number of hydrogen-bond acceptors (Lipinski definition) is 3. The van der Waals surface area contributed by atoms with Gasteiger partial charge in [0, 0.05) is 12.5 Å². The highest BCUT2D eigenvalue weighted by molar-refractivity contribution is 5.67. The van der Waals surface area contributed by atoms with Crippen LogP contribution in [-0.2, 0) is 4.74 Å². The molecule has 0 saturated heterocycles. The van der Waals surface area contributed by atoms with Crippen LogP contribution in [0.1, 0.15) is 52.5 Å². The first-order valence-corrected chi connectivity index (χ1v) is 7.41. The fraction of sp³-hybridized carbons (Fsp3) is 0.588. The van der Waals surface area contributed by atoms with Crippen LogP contribution in [0.5, 0.6) is 5.75 Å². The van der Waals surface area contributed by atoms with Crippen LogP contribution in [0, 0.1) is 0 Å². The normalized spacial score (nSPS) is 20.1. The van der Waals surface area contributed by atoms with Gasteiger partial charge in [0.05, 0.1) is 0 Å². The molecular formula is C17H25NO3. The number of hydrogen-bond donors (Lipinski definition) is 1. The molecular weight excluding hydrogens is 266 g/mol. The molecule has 1 amide bonds. The molecule has 0 bridgehead atoms. The number of carbonyl (C=O) groups excluding carboxylic acids is 1. The molecule has 0 fully saturated rings. The van der Waals surface area contributed by atoms with Crippen molar-refractivity contribution >= 4 is 6.09 Å². The Labute approximate surface area is 126 Å². The molecule has 4 heteroatoms. The predicted molar refractivity (Wildman–Crippen MR) is 82.7 cm³/mol. The molecule has 116 valence electrons. The lowest BCUT2D eigenvalue weighted by atomic mass is 9.84. The van der Waals surface area contributed by atoms with Crippen molar-refractivity contribution < 1.29 is 14.3 Å². The lowest BCUT2D eigenvalue weighted by Crippen LogP contribution is -2.40. The summed E-state index contributed by atoms with van der Waals surface area (Å²) in [5.74, 6) is 1.14. The third-order valence-corrected chi connectivity index (χ3v) is 3.37. The molecule has 1 aromatic rings. The van der Waals surface area contributed by atoms with Gasteiger partial charge in [-0.15, -0.1) is 0 Å². The Morgan fingerprint density at radius 3 is 2.71 bits per heavy atom. The number of alkyl carbamates (subject to hydrolysis) is 1. The van der Waals surface area contributed by atoms with Crippen molar-refractivity contribution in [2.45, 2.75) is 58.2 Å². The van der Waals surface area contributed by atoms with Gasteiger partial charge in [-0.3, -0.25) is 0 Å². The zero-order chi connectivity index (χ0) is 15.7. The predicted octanol–water partition coefficient (Wildman–Crippen LogP) is 3.86. The number of amides is 1. The maximum absolute atomic E-state index is 11.8. The van der Waals surface area contributed by atoms with Gasteiger partial charge in [-0.05, 0) is 52.7 Å². The Morgan fingerprint density at radius 2 is 2.05 bits per heavy atom. The van der Waals surface area contributed by atoms with Crippen LogP contribution >= 0.6 is 0 Å². The standard InChI is InChI=1S/C17H25NO3/c1-16(2,3)21-15(19)18-11-12-10-17(4,5)20-14-9-7-6-8-13(12)14/h6-9,12H,10-11H2,1-5H3,(H,18,19)/t12-/m1/s1. The van der Waals surface area contributed by atoms with Crippen molar-refractivity contribution in [3.05, 3.63) is 29.8 Å². The molecule has 0 spiro atoms. The Kier molecular flexibility index (Phi) is 4.17. The van der Waals surface area contributed by atoms with Crippen LogP contribution < -0.4 is 10.1 Å². The summed E-state index contributed by atoms with van der Waals surface area (Å²) in [6.45, 7) is 10.3. The number of carbonyl (C=O) groups is 1. The van der Waals surface area contributed by atoms with E-state index in [4.69, 9.17) is 9.47 Å². The maximum atomic E-state index is 11.8. The van der Waals surface area contributed by atoms with Crippen molar-refractivity contribution in [2.24, 2.45) is 0 Å². The van der Waals surface area contributed by atoms with Crippen molar-refractivity contribution in [3.8, 4) is 5.75 Å². The molecule has 0 aliphatic carbocycles. The summed E-state index contributed by atoms with van der Waals surface area (Å²) < 4.78 is 11.3. The fourth-order valence-corrected chi connectivity index (χ4v) is 2.66. The number of benzene rings is 1. The number of para-hydroxylation sites is 1. The zero-order valence-corrected chi connectivity index (χ0v) is 13.5. The van der Waals surface area contributed by atoms with Crippen LogP contribution in [0.15, 0.2) is 24.3 Å². The summed E-state index contributed by atoms with van der Waals surface area (Å²) in [4.78, 5) is 11.8. The van der Waals surface area contributed by atoms with Crippen molar-refractivity contribution in [3.63, 3.8) is 0 Å². The summed E-state index contributed by atoms with van der Waals surface area (Å²) in [6, 6.07) is 8.02. The first kappa shape index (κ1) is 15.7. The molecule has 4 nitrogen and oxygen atoms in total. The molecule has 1 aliphatic heterocycles. The van der Waals surface area contributed by atoms with Crippen molar-refractivity contribution in [1.29, 1.82) is 0 Å². The summed E-state index contributed by atoms with van der Waals surface area (Å²) in [6.07, 6.45) is 0.490. The monoisotopic (exact) mass is 291 g/mol. The lowest BCUT2D eigenvalue weighted by Gasteiger charge is -2.37. The largest absolute Gasteiger partial charge is 0.488 e. The van der Waals surface area contributed by atoms with Gasteiger partial charge >= 0.3 is 6.09 Å². The Morgan fingerprint density at radius 1 is 1.38 bits per heavy atom. The van der Waals surface area contributed by atoms with Crippen LogP contribution in [0.4, 0.5) is 4.79 Å². The second-order valence-electron chi connectivity index (χ2n) is 7.18. The molecule has 0 radical (unpaired) electrons. The molecule has 1 N–H and O–H groups in total. The second kappa shape index (κ2) is 5.58. The number of rotatable bonds is 2. The Balaban J connectivity index is 2.05. The van der Waals surface area contributed by atoms with E-state index in [-0.39, 0.29) is 17.6 Å². The first-order chi connectivity index (χ1) is 9.66. The summed E-state index contributed by atoms with van der Waals surface area (Å²) in [5, 5.41) is 2.87. The smallest absolute Gasteiger partial charge is 0.407 e. The third kappa shape index (κ3) is 4.38. The van der Waals surface area contributed by atoms with E-state index in [9.17, 15) is 4.79 Å². The van der Waals surface area contributed by atoms with Gasteiger partial charge in [-0.2, -0.15) is 0 Å². The van der Waals surface area contributed by atoms with E-state index in [1.165, 1.54) is 0 Å². The van der Waals surface area contributed by atoms with Crippen molar-refractivity contribution in [1.82, 2.24) is 5.32 Å². The van der Waals surface area contributed by atoms with E-state index >= 15 is 0 Å². The van der Waals surface area contributed by atoms with Gasteiger partial charge in [-0.1, -0.05) is 18.2 Å². The molecule has 0 saturated carbocycles. The highest BCUT2D eigenvalue weighted by Crippen LogP contribution is 2.40. The highest BCUT2D eigenvalue weighted by Gasteiger charge is 2.33. The lowest BCUT2D eigenvalue weighted by molar-refractivity contribution is 0.0485.